The molecule has 0 bridgehead atoms. The third kappa shape index (κ3) is 3.69. The summed E-state index contributed by atoms with van der Waals surface area (Å²) in [5, 5.41) is 5.25. The lowest BCUT2D eigenvalue weighted by atomic mass is 10.1. The van der Waals surface area contributed by atoms with E-state index in [9.17, 15) is 14.4 Å². The topological polar surface area (TPSA) is 107 Å². The number of pyridine rings is 1. The van der Waals surface area contributed by atoms with Crippen LogP contribution in [0.3, 0.4) is 0 Å². The molecule has 0 aliphatic rings. The molecule has 0 saturated carbocycles. The van der Waals surface area contributed by atoms with Crippen molar-refractivity contribution in [1.29, 1.82) is 0 Å². The fraction of sp³-hybridized carbons (Fsp3) is 0.200. The van der Waals surface area contributed by atoms with Gasteiger partial charge in [-0.25, -0.2) is 19.4 Å². The Labute approximate surface area is 141 Å². The molecule has 0 spiro atoms. The molecule has 2 aromatic rings. The predicted molar refractivity (Wildman–Crippen MR) is 88.6 cm³/mol. The highest BCUT2D eigenvalue weighted by Crippen LogP contribution is 2.34. The van der Waals surface area contributed by atoms with Crippen molar-refractivity contribution in [2.75, 3.05) is 24.9 Å². The van der Waals surface area contributed by atoms with Crippen molar-refractivity contribution in [3.63, 3.8) is 0 Å². The smallest absolute Gasteiger partial charge is 0.348 e. The van der Waals surface area contributed by atoms with Gasteiger partial charge >= 0.3 is 18.0 Å². The van der Waals surface area contributed by atoms with E-state index in [1.807, 2.05) is 0 Å². The first-order chi connectivity index (χ1) is 11.5. The van der Waals surface area contributed by atoms with E-state index in [1.165, 1.54) is 20.4 Å². The number of ether oxygens (including phenoxy) is 2. The van der Waals surface area contributed by atoms with E-state index in [0.717, 1.165) is 11.3 Å². The first kappa shape index (κ1) is 17.4. The Morgan fingerprint density at radius 3 is 2.38 bits per heavy atom. The number of hydrogen-bond acceptors (Lipinski definition) is 7. The number of nitrogens with zero attached hydrogens (tertiary/aromatic N) is 1. The number of esters is 2. The molecule has 0 radical (unpaired) electrons. The summed E-state index contributed by atoms with van der Waals surface area (Å²) < 4.78 is 9.40. The van der Waals surface area contributed by atoms with E-state index >= 15 is 0 Å². The van der Waals surface area contributed by atoms with Gasteiger partial charge in [-0.3, -0.25) is 10.6 Å². The molecule has 9 heteroatoms. The number of methoxy groups -OCH3 is 2. The third-order valence-corrected chi connectivity index (χ3v) is 4.23. The quantitative estimate of drug-likeness (QED) is 0.822. The highest BCUT2D eigenvalue weighted by molar-refractivity contribution is 7.18. The molecular formula is C15H15N3O5S. The molecule has 126 valence electrons. The van der Waals surface area contributed by atoms with Crippen LogP contribution in [0.15, 0.2) is 24.4 Å². The zero-order chi connectivity index (χ0) is 17.7. The SMILES string of the molecule is COC(=O)c1sc(NC(=O)Nc2ccccn2)c(C(=O)OC)c1C. The molecule has 0 aromatic carbocycles. The summed E-state index contributed by atoms with van der Waals surface area (Å²) in [6.45, 7) is 1.58. The van der Waals surface area contributed by atoms with Crippen LogP contribution in [0.25, 0.3) is 0 Å². The number of thiophene rings is 1. The van der Waals surface area contributed by atoms with Gasteiger partial charge in [0.05, 0.1) is 19.8 Å². The van der Waals surface area contributed by atoms with Crippen LogP contribution in [0.2, 0.25) is 0 Å². The maximum atomic E-state index is 12.1. The van der Waals surface area contributed by atoms with Gasteiger partial charge < -0.3 is 9.47 Å². The first-order valence-corrected chi connectivity index (χ1v) is 7.58. The normalized spacial score (nSPS) is 9.96. The van der Waals surface area contributed by atoms with E-state index in [4.69, 9.17) is 4.74 Å². The lowest BCUT2D eigenvalue weighted by molar-refractivity contribution is 0.0601. The van der Waals surface area contributed by atoms with Crippen molar-refractivity contribution in [2.24, 2.45) is 0 Å². The van der Waals surface area contributed by atoms with E-state index in [1.54, 1.807) is 25.1 Å². The van der Waals surface area contributed by atoms with Gasteiger partial charge in [-0.05, 0) is 24.6 Å². The molecule has 2 N–H and O–H groups in total. The zero-order valence-corrected chi connectivity index (χ0v) is 14.0. The number of rotatable bonds is 4. The maximum Gasteiger partial charge on any atom is 0.348 e. The fourth-order valence-corrected chi connectivity index (χ4v) is 3.03. The Kier molecular flexibility index (Phi) is 5.48. The van der Waals surface area contributed by atoms with Crippen molar-refractivity contribution >= 4 is 40.1 Å². The second kappa shape index (κ2) is 7.55. The van der Waals surface area contributed by atoms with Gasteiger partial charge in [0, 0.05) is 6.20 Å². The number of aromatic nitrogens is 1. The molecule has 2 rings (SSSR count). The molecule has 0 fully saturated rings. The highest BCUT2D eigenvalue weighted by atomic mass is 32.1. The van der Waals surface area contributed by atoms with Gasteiger partial charge in [-0.2, -0.15) is 0 Å². The molecule has 0 unspecified atom stereocenters. The van der Waals surface area contributed by atoms with Gasteiger partial charge in [-0.15, -0.1) is 11.3 Å². The predicted octanol–water partition coefficient (Wildman–Crippen LogP) is 2.67. The van der Waals surface area contributed by atoms with Crippen molar-refractivity contribution in [2.45, 2.75) is 6.92 Å². The Morgan fingerprint density at radius 2 is 1.79 bits per heavy atom. The summed E-state index contributed by atoms with van der Waals surface area (Å²) in [6, 6.07) is 4.44. The molecule has 0 aliphatic heterocycles. The molecule has 8 nitrogen and oxygen atoms in total. The second-order valence-electron chi connectivity index (χ2n) is 4.54. The minimum absolute atomic E-state index is 0.110. The number of carbonyl (C=O) groups excluding carboxylic acids is 3. The largest absolute Gasteiger partial charge is 0.465 e. The molecule has 2 heterocycles. The minimum Gasteiger partial charge on any atom is -0.465 e. The summed E-state index contributed by atoms with van der Waals surface area (Å²) in [5.74, 6) is -0.913. The van der Waals surface area contributed by atoms with Crippen LogP contribution >= 0.6 is 11.3 Å². The van der Waals surface area contributed by atoms with Crippen LogP contribution in [-0.2, 0) is 9.47 Å². The molecule has 2 amide bonds. The number of anilines is 2. The van der Waals surface area contributed by atoms with Crippen LogP contribution in [0.1, 0.15) is 25.6 Å². The van der Waals surface area contributed by atoms with Crippen LogP contribution in [0, 0.1) is 6.92 Å². The molecular weight excluding hydrogens is 334 g/mol. The van der Waals surface area contributed by atoms with E-state index in [-0.39, 0.29) is 15.4 Å². The highest BCUT2D eigenvalue weighted by Gasteiger charge is 2.26. The Bertz CT molecular complexity index is 773. The first-order valence-electron chi connectivity index (χ1n) is 6.77. The average molecular weight is 349 g/mol. The number of hydrogen-bond donors (Lipinski definition) is 2. The lowest BCUT2D eigenvalue weighted by Crippen LogP contribution is -2.21. The monoisotopic (exact) mass is 349 g/mol. The van der Waals surface area contributed by atoms with Crippen molar-refractivity contribution in [1.82, 2.24) is 4.98 Å². The number of urea groups is 1. The number of nitrogens with one attached hydrogen (secondary N) is 2. The van der Waals surface area contributed by atoms with Gasteiger partial charge in [0.25, 0.3) is 0 Å². The van der Waals surface area contributed by atoms with Gasteiger partial charge in [0.15, 0.2) is 0 Å². The van der Waals surface area contributed by atoms with Crippen LogP contribution < -0.4 is 10.6 Å². The fourth-order valence-electron chi connectivity index (χ4n) is 1.92. The molecule has 24 heavy (non-hydrogen) atoms. The van der Waals surface area contributed by atoms with Crippen molar-refractivity contribution < 1.29 is 23.9 Å². The lowest BCUT2D eigenvalue weighted by Gasteiger charge is -2.07. The van der Waals surface area contributed by atoms with Gasteiger partial charge in [0.1, 0.15) is 15.7 Å². The molecule has 0 atom stereocenters. The Balaban J connectivity index is 2.29. The summed E-state index contributed by atoms with van der Waals surface area (Å²) in [4.78, 5) is 40.0. The van der Waals surface area contributed by atoms with Crippen LogP contribution in [-0.4, -0.2) is 37.2 Å². The summed E-state index contributed by atoms with van der Waals surface area (Å²) >= 11 is 0.934. The van der Waals surface area contributed by atoms with E-state index in [2.05, 4.69) is 20.4 Å². The molecule has 2 aromatic heterocycles. The van der Waals surface area contributed by atoms with Gasteiger partial charge in [-0.1, -0.05) is 6.07 Å². The van der Waals surface area contributed by atoms with E-state index in [0.29, 0.717) is 11.4 Å². The van der Waals surface area contributed by atoms with Crippen LogP contribution in [0.5, 0.6) is 0 Å². The average Bonchev–Trinajstić information content (AvgIpc) is 2.90. The standard InChI is InChI=1S/C15H15N3O5S/c1-8-10(13(19)22-2)12(24-11(8)14(20)23-3)18-15(21)17-9-6-4-5-7-16-9/h4-7H,1-3H3,(H2,16,17,18,21). The third-order valence-electron chi connectivity index (χ3n) is 3.04. The van der Waals surface area contributed by atoms with Crippen molar-refractivity contribution in [3.8, 4) is 0 Å². The summed E-state index contributed by atoms with van der Waals surface area (Å²) in [5.41, 5.74) is 0.492. The van der Waals surface area contributed by atoms with E-state index < -0.39 is 18.0 Å². The Morgan fingerprint density at radius 1 is 1.08 bits per heavy atom. The molecule has 0 aliphatic carbocycles. The number of amides is 2. The number of carbonyl (C=O) groups is 3. The summed E-state index contributed by atoms with van der Waals surface area (Å²) in [6.07, 6.45) is 1.53. The minimum atomic E-state index is -0.660. The van der Waals surface area contributed by atoms with Gasteiger partial charge in [0.2, 0.25) is 0 Å². The van der Waals surface area contributed by atoms with Crippen molar-refractivity contribution in [3.05, 3.63) is 40.4 Å². The van der Waals surface area contributed by atoms with Crippen LogP contribution in [0.4, 0.5) is 15.6 Å². The zero-order valence-electron chi connectivity index (χ0n) is 13.2. The summed E-state index contributed by atoms with van der Waals surface area (Å²) in [7, 11) is 2.45. The second-order valence-corrected chi connectivity index (χ2v) is 5.56. The molecule has 0 saturated heterocycles. The Hall–Kier alpha value is -2.94. The maximum absolute atomic E-state index is 12.1.